The summed E-state index contributed by atoms with van der Waals surface area (Å²) >= 11 is 0. The smallest absolute Gasteiger partial charge is 0.257 e. The summed E-state index contributed by atoms with van der Waals surface area (Å²) in [6.07, 6.45) is 4.60. The summed E-state index contributed by atoms with van der Waals surface area (Å²) in [5.41, 5.74) is 0.484. The summed E-state index contributed by atoms with van der Waals surface area (Å²) in [4.78, 5) is 22.9. The van der Waals surface area contributed by atoms with E-state index in [1.54, 1.807) is 31.6 Å². The number of hydrogen-bond donors (Lipinski definition) is 1. The summed E-state index contributed by atoms with van der Waals surface area (Å²) < 4.78 is 18.4. The highest BCUT2D eigenvalue weighted by molar-refractivity contribution is 5.92. The third-order valence-electron chi connectivity index (χ3n) is 4.10. The molecule has 0 radical (unpaired) electrons. The number of ether oxygens (including phenoxy) is 1. The molecule has 6 nitrogen and oxygen atoms in total. The third kappa shape index (κ3) is 3.61. The average Bonchev–Trinajstić information content (AvgIpc) is 2.62. The van der Waals surface area contributed by atoms with Crippen LogP contribution in [-0.4, -0.2) is 36.1 Å². The Morgan fingerprint density at radius 2 is 2.04 bits per heavy atom. The quantitative estimate of drug-likeness (QED) is 0.933. The molecule has 0 bridgehead atoms. The van der Waals surface area contributed by atoms with Gasteiger partial charge in [-0.05, 0) is 31.0 Å². The highest BCUT2D eigenvalue weighted by Crippen LogP contribution is 2.28. The van der Waals surface area contributed by atoms with E-state index in [2.05, 4.69) is 20.2 Å². The fraction of sp³-hybridized carbons (Fsp3) is 0.353. The first-order chi connectivity index (χ1) is 11.7. The number of nitrogens with one attached hydrogen (secondary N) is 1. The molecule has 1 saturated heterocycles. The van der Waals surface area contributed by atoms with Gasteiger partial charge in [0.15, 0.2) is 5.82 Å². The predicted octanol–water partition coefficient (Wildman–Crippen LogP) is 2.48. The topological polar surface area (TPSA) is 67.4 Å². The Bertz CT molecular complexity index is 717. The van der Waals surface area contributed by atoms with Crippen molar-refractivity contribution in [1.82, 2.24) is 9.97 Å². The molecule has 1 N–H and O–H groups in total. The van der Waals surface area contributed by atoms with Crippen LogP contribution < -0.4 is 15.0 Å². The second-order valence-electron chi connectivity index (χ2n) is 5.65. The first-order valence-electron chi connectivity index (χ1n) is 7.84. The van der Waals surface area contributed by atoms with Gasteiger partial charge in [0.2, 0.25) is 5.91 Å². The highest BCUT2D eigenvalue weighted by atomic mass is 19.1. The van der Waals surface area contributed by atoms with Gasteiger partial charge in [-0.25, -0.2) is 14.4 Å². The molecule has 1 fully saturated rings. The van der Waals surface area contributed by atoms with Gasteiger partial charge in [0.05, 0.1) is 7.11 Å². The first-order valence-corrected chi connectivity index (χ1v) is 7.84. The van der Waals surface area contributed by atoms with Gasteiger partial charge in [0, 0.05) is 37.1 Å². The van der Waals surface area contributed by atoms with Crippen molar-refractivity contribution in [2.75, 3.05) is 30.4 Å². The number of carbonyl (C=O) groups is 1. The van der Waals surface area contributed by atoms with Gasteiger partial charge in [0.1, 0.15) is 5.82 Å². The van der Waals surface area contributed by atoms with Crippen LogP contribution in [0.1, 0.15) is 12.8 Å². The van der Waals surface area contributed by atoms with Crippen LogP contribution in [0.2, 0.25) is 0 Å². The number of nitrogens with zero attached hydrogens (tertiary/aromatic N) is 3. The van der Waals surface area contributed by atoms with E-state index in [-0.39, 0.29) is 17.6 Å². The molecule has 1 aliphatic rings. The van der Waals surface area contributed by atoms with Crippen LogP contribution in [0.5, 0.6) is 5.88 Å². The number of anilines is 2. The summed E-state index contributed by atoms with van der Waals surface area (Å²) in [7, 11) is 1.56. The van der Waals surface area contributed by atoms with Gasteiger partial charge < -0.3 is 15.0 Å². The fourth-order valence-electron chi connectivity index (χ4n) is 2.84. The molecule has 3 rings (SSSR count). The standard InChI is InChI=1S/C17H19FN4O2/c1-24-17-15(19-7-8-20-17)22-9-5-12(6-10-22)16(23)21-14-4-2-3-13(18)11-14/h2-4,7-8,11-12H,5-6,9-10H2,1H3,(H,21,23). The molecular weight excluding hydrogens is 311 g/mol. The second-order valence-corrected chi connectivity index (χ2v) is 5.65. The third-order valence-corrected chi connectivity index (χ3v) is 4.10. The Balaban J connectivity index is 1.59. The van der Waals surface area contributed by atoms with Crippen molar-refractivity contribution < 1.29 is 13.9 Å². The van der Waals surface area contributed by atoms with Crippen LogP contribution in [0.25, 0.3) is 0 Å². The van der Waals surface area contributed by atoms with Crippen molar-refractivity contribution in [2.24, 2.45) is 5.92 Å². The van der Waals surface area contributed by atoms with Crippen molar-refractivity contribution in [1.29, 1.82) is 0 Å². The molecule has 2 aromatic rings. The van der Waals surface area contributed by atoms with Crippen molar-refractivity contribution in [3.05, 3.63) is 42.5 Å². The van der Waals surface area contributed by atoms with Crippen LogP contribution in [0, 0.1) is 11.7 Å². The Morgan fingerprint density at radius 3 is 2.75 bits per heavy atom. The van der Waals surface area contributed by atoms with Crippen molar-refractivity contribution >= 4 is 17.4 Å². The zero-order valence-electron chi connectivity index (χ0n) is 13.4. The first kappa shape index (κ1) is 16.2. The average molecular weight is 330 g/mol. The monoisotopic (exact) mass is 330 g/mol. The Labute approximate surface area is 139 Å². The number of halogens is 1. The highest BCUT2D eigenvalue weighted by Gasteiger charge is 2.27. The number of benzene rings is 1. The lowest BCUT2D eigenvalue weighted by atomic mass is 9.96. The normalized spacial score (nSPS) is 15.2. The molecular formula is C17H19FN4O2. The summed E-state index contributed by atoms with van der Waals surface area (Å²) in [5.74, 6) is 0.639. The number of aromatic nitrogens is 2. The van der Waals surface area contributed by atoms with E-state index >= 15 is 0 Å². The minimum atomic E-state index is -0.364. The lowest BCUT2D eigenvalue weighted by Gasteiger charge is -2.32. The maximum absolute atomic E-state index is 13.2. The summed E-state index contributed by atoms with van der Waals surface area (Å²) in [6.45, 7) is 1.38. The van der Waals surface area contributed by atoms with E-state index in [0.717, 1.165) is 0 Å². The molecule has 0 atom stereocenters. The van der Waals surface area contributed by atoms with E-state index in [9.17, 15) is 9.18 Å². The molecule has 1 aromatic carbocycles. The molecule has 2 heterocycles. The zero-order chi connectivity index (χ0) is 16.9. The van der Waals surface area contributed by atoms with Crippen LogP contribution in [0.3, 0.4) is 0 Å². The number of piperidine rings is 1. The number of methoxy groups -OCH3 is 1. The van der Waals surface area contributed by atoms with Gasteiger partial charge in [-0.1, -0.05) is 6.07 Å². The zero-order valence-corrected chi connectivity index (χ0v) is 13.4. The van der Waals surface area contributed by atoms with Crippen molar-refractivity contribution in [3.63, 3.8) is 0 Å². The maximum Gasteiger partial charge on any atom is 0.257 e. The van der Waals surface area contributed by atoms with Gasteiger partial charge >= 0.3 is 0 Å². The Hall–Kier alpha value is -2.70. The minimum Gasteiger partial charge on any atom is -0.478 e. The van der Waals surface area contributed by atoms with Gasteiger partial charge in [-0.15, -0.1) is 0 Å². The van der Waals surface area contributed by atoms with Crippen molar-refractivity contribution in [3.8, 4) is 5.88 Å². The Kier molecular flexibility index (Phi) is 4.88. The largest absolute Gasteiger partial charge is 0.478 e. The van der Waals surface area contributed by atoms with E-state index in [4.69, 9.17) is 4.74 Å². The molecule has 0 unspecified atom stereocenters. The van der Waals surface area contributed by atoms with Crippen molar-refractivity contribution in [2.45, 2.75) is 12.8 Å². The predicted molar refractivity (Wildman–Crippen MR) is 88.6 cm³/mol. The van der Waals surface area contributed by atoms with Gasteiger partial charge in [-0.2, -0.15) is 0 Å². The van der Waals surface area contributed by atoms with Crippen LogP contribution in [-0.2, 0) is 4.79 Å². The maximum atomic E-state index is 13.2. The van der Waals surface area contributed by atoms with Crippen LogP contribution >= 0.6 is 0 Å². The molecule has 0 aliphatic carbocycles. The molecule has 126 valence electrons. The van der Waals surface area contributed by atoms with E-state index < -0.39 is 0 Å². The Morgan fingerprint density at radius 1 is 1.29 bits per heavy atom. The molecule has 0 saturated carbocycles. The minimum absolute atomic E-state index is 0.0774. The number of rotatable bonds is 4. The lowest BCUT2D eigenvalue weighted by molar-refractivity contribution is -0.120. The number of amides is 1. The molecule has 1 aromatic heterocycles. The summed E-state index contributed by atoms with van der Waals surface area (Å²) in [6, 6.07) is 5.92. The van der Waals surface area contributed by atoms with Gasteiger partial charge in [0.25, 0.3) is 5.88 Å². The van der Waals surface area contributed by atoms with E-state index in [1.807, 2.05) is 0 Å². The van der Waals surface area contributed by atoms with Crippen LogP contribution in [0.15, 0.2) is 36.7 Å². The van der Waals surface area contributed by atoms with Crippen LogP contribution in [0.4, 0.5) is 15.9 Å². The summed E-state index contributed by atoms with van der Waals surface area (Å²) in [5, 5.41) is 2.78. The number of carbonyl (C=O) groups excluding carboxylic acids is 1. The molecule has 1 amide bonds. The second kappa shape index (κ2) is 7.25. The fourth-order valence-corrected chi connectivity index (χ4v) is 2.84. The molecule has 24 heavy (non-hydrogen) atoms. The number of hydrogen-bond acceptors (Lipinski definition) is 5. The van der Waals surface area contributed by atoms with E-state index in [1.165, 1.54) is 12.1 Å². The van der Waals surface area contributed by atoms with Gasteiger partial charge in [-0.3, -0.25) is 4.79 Å². The lowest BCUT2D eigenvalue weighted by Crippen LogP contribution is -2.38. The van der Waals surface area contributed by atoms with E-state index in [0.29, 0.717) is 43.3 Å². The SMILES string of the molecule is COc1nccnc1N1CCC(C(=O)Nc2cccc(F)c2)CC1. The molecule has 7 heteroatoms. The molecule has 0 spiro atoms. The molecule has 1 aliphatic heterocycles.